The van der Waals surface area contributed by atoms with E-state index in [4.69, 9.17) is 5.26 Å². The maximum Gasteiger partial charge on any atom is 0.236 e. The number of carbonyl (C=O) groups excluding carboxylic acids is 1. The van der Waals surface area contributed by atoms with Gasteiger partial charge in [0.2, 0.25) is 5.91 Å². The summed E-state index contributed by atoms with van der Waals surface area (Å²) in [5.41, 5.74) is 0. The summed E-state index contributed by atoms with van der Waals surface area (Å²) in [6.07, 6.45) is -0.167. The molecule has 0 saturated carbocycles. The van der Waals surface area contributed by atoms with E-state index in [2.05, 4.69) is 0 Å². The maximum absolute atomic E-state index is 11.1. The van der Waals surface area contributed by atoms with Crippen molar-refractivity contribution < 1.29 is 13.2 Å². The summed E-state index contributed by atoms with van der Waals surface area (Å²) < 4.78 is 21.9. The molecule has 1 amide bonds. The van der Waals surface area contributed by atoms with E-state index in [-0.39, 0.29) is 36.9 Å². The van der Waals surface area contributed by atoms with Crippen LogP contribution in [0.2, 0.25) is 0 Å². The van der Waals surface area contributed by atoms with Crippen LogP contribution in [0.3, 0.4) is 0 Å². The van der Waals surface area contributed by atoms with Crippen LogP contribution in [0.1, 0.15) is 6.42 Å². The lowest BCUT2D eigenvalue weighted by molar-refractivity contribution is -0.129. The molecule has 1 aliphatic rings. The number of hydrogen-bond acceptors (Lipinski definition) is 4. The van der Waals surface area contributed by atoms with Crippen LogP contribution in [0.25, 0.3) is 0 Å². The van der Waals surface area contributed by atoms with Gasteiger partial charge in [-0.1, -0.05) is 0 Å². The molecule has 0 spiro atoms. The molecule has 1 rings (SSSR count). The number of sulfone groups is 1. The van der Waals surface area contributed by atoms with Gasteiger partial charge in [-0.05, 0) is 0 Å². The second-order valence-electron chi connectivity index (χ2n) is 2.87. The zero-order chi connectivity index (χ0) is 9.90. The molecule has 13 heavy (non-hydrogen) atoms. The van der Waals surface area contributed by atoms with E-state index >= 15 is 0 Å². The Hall–Kier alpha value is -1.09. The predicted molar refractivity (Wildman–Crippen MR) is 45.5 cm³/mol. The van der Waals surface area contributed by atoms with Gasteiger partial charge in [0, 0.05) is 13.1 Å². The van der Waals surface area contributed by atoms with Gasteiger partial charge in [0.1, 0.15) is 6.42 Å². The molecule has 72 valence electrons. The van der Waals surface area contributed by atoms with Crippen LogP contribution in [0.5, 0.6) is 0 Å². The Morgan fingerprint density at radius 3 is 2.38 bits per heavy atom. The minimum Gasteiger partial charge on any atom is -0.340 e. The molecule has 1 saturated heterocycles. The Bertz CT molecular complexity index is 327. The largest absolute Gasteiger partial charge is 0.340 e. The van der Waals surface area contributed by atoms with Crippen molar-refractivity contribution in [3.05, 3.63) is 0 Å². The molecule has 1 heterocycles. The highest BCUT2D eigenvalue weighted by Crippen LogP contribution is 2.04. The van der Waals surface area contributed by atoms with Gasteiger partial charge in [-0.25, -0.2) is 8.42 Å². The number of carbonyl (C=O) groups is 1. The Morgan fingerprint density at radius 2 is 1.92 bits per heavy atom. The standard InChI is InChI=1S/C7H10N2O3S/c8-2-1-7(10)9-3-5-13(11,12)6-4-9/h1,3-6H2. The normalized spacial score (nSPS) is 20.7. The van der Waals surface area contributed by atoms with Crippen molar-refractivity contribution in [3.8, 4) is 6.07 Å². The first-order chi connectivity index (χ1) is 6.05. The van der Waals surface area contributed by atoms with Crippen LogP contribution in [-0.2, 0) is 14.6 Å². The average Bonchev–Trinajstić information content (AvgIpc) is 2.04. The zero-order valence-corrected chi connectivity index (χ0v) is 7.88. The third kappa shape index (κ3) is 2.70. The molecule has 0 aromatic heterocycles. The van der Waals surface area contributed by atoms with Crippen molar-refractivity contribution in [2.75, 3.05) is 24.6 Å². The molecule has 1 fully saturated rings. The van der Waals surface area contributed by atoms with Crippen molar-refractivity contribution in [2.24, 2.45) is 0 Å². The highest BCUT2D eigenvalue weighted by Gasteiger charge is 2.24. The summed E-state index contributed by atoms with van der Waals surface area (Å²) in [7, 11) is -2.94. The number of nitrogens with zero attached hydrogens (tertiary/aromatic N) is 2. The summed E-state index contributed by atoms with van der Waals surface area (Å²) >= 11 is 0. The van der Waals surface area contributed by atoms with Crippen molar-refractivity contribution in [1.82, 2.24) is 4.90 Å². The molecule has 0 aromatic rings. The number of hydrogen-bond donors (Lipinski definition) is 0. The smallest absolute Gasteiger partial charge is 0.236 e. The van der Waals surface area contributed by atoms with Crippen molar-refractivity contribution in [3.63, 3.8) is 0 Å². The third-order valence-corrected chi connectivity index (χ3v) is 3.54. The molecule has 0 atom stereocenters. The molecule has 0 aliphatic carbocycles. The SMILES string of the molecule is N#CCC(=O)N1CCS(=O)(=O)CC1. The van der Waals surface area contributed by atoms with Gasteiger partial charge in [-0.15, -0.1) is 0 Å². The van der Waals surface area contributed by atoms with Gasteiger partial charge in [-0.2, -0.15) is 5.26 Å². The molecule has 0 aromatic carbocycles. The first-order valence-corrected chi connectivity index (χ1v) is 5.72. The minimum absolute atomic E-state index is 0.0180. The molecule has 0 unspecified atom stereocenters. The van der Waals surface area contributed by atoms with Crippen LogP contribution >= 0.6 is 0 Å². The average molecular weight is 202 g/mol. The van der Waals surface area contributed by atoms with Gasteiger partial charge in [-0.3, -0.25) is 4.79 Å². The molecular weight excluding hydrogens is 192 g/mol. The molecule has 5 nitrogen and oxygen atoms in total. The van der Waals surface area contributed by atoms with Crippen molar-refractivity contribution >= 4 is 15.7 Å². The van der Waals surface area contributed by atoms with Crippen LogP contribution in [0.4, 0.5) is 0 Å². The van der Waals surface area contributed by atoms with E-state index in [0.29, 0.717) is 0 Å². The van der Waals surface area contributed by atoms with Crippen LogP contribution < -0.4 is 0 Å². The number of amides is 1. The summed E-state index contributed by atoms with van der Waals surface area (Å²) in [6.45, 7) is 0.450. The summed E-state index contributed by atoms with van der Waals surface area (Å²) in [5, 5.41) is 8.25. The molecule has 0 N–H and O–H groups in total. The van der Waals surface area contributed by atoms with Gasteiger partial charge in [0.25, 0.3) is 0 Å². The molecule has 1 aliphatic heterocycles. The first-order valence-electron chi connectivity index (χ1n) is 3.90. The minimum atomic E-state index is -2.94. The molecule has 0 bridgehead atoms. The number of nitriles is 1. The highest BCUT2D eigenvalue weighted by molar-refractivity contribution is 7.91. The van der Waals surface area contributed by atoms with Gasteiger partial charge < -0.3 is 4.90 Å². The van der Waals surface area contributed by atoms with E-state index in [9.17, 15) is 13.2 Å². The van der Waals surface area contributed by atoms with Gasteiger partial charge in [0.05, 0.1) is 17.6 Å². The van der Waals surface area contributed by atoms with E-state index in [1.54, 1.807) is 6.07 Å². The summed E-state index contributed by atoms with van der Waals surface area (Å²) in [6, 6.07) is 1.74. The number of rotatable bonds is 1. The van der Waals surface area contributed by atoms with Crippen LogP contribution in [0.15, 0.2) is 0 Å². The fraction of sp³-hybridized carbons (Fsp3) is 0.714. The highest BCUT2D eigenvalue weighted by atomic mass is 32.2. The monoisotopic (exact) mass is 202 g/mol. The van der Waals surface area contributed by atoms with E-state index in [1.807, 2.05) is 0 Å². The van der Waals surface area contributed by atoms with Crippen molar-refractivity contribution in [2.45, 2.75) is 6.42 Å². The molecular formula is C7H10N2O3S. The lowest BCUT2D eigenvalue weighted by Crippen LogP contribution is -2.43. The van der Waals surface area contributed by atoms with Gasteiger partial charge in [0.15, 0.2) is 9.84 Å². The fourth-order valence-corrected chi connectivity index (χ4v) is 2.34. The van der Waals surface area contributed by atoms with Gasteiger partial charge >= 0.3 is 0 Å². The predicted octanol–water partition coefficient (Wildman–Crippen LogP) is -0.843. The Labute approximate surface area is 76.9 Å². The molecule has 6 heteroatoms. The van der Waals surface area contributed by atoms with E-state index in [0.717, 1.165) is 0 Å². The third-order valence-electron chi connectivity index (χ3n) is 1.93. The zero-order valence-electron chi connectivity index (χ0n) is 7.06. The van der Waals surface area contributed by atoms with E-state index in [1.165, 1.54) is 4.90 Å². The van der Waals surface area contributed by atoms with Crippen LogP contribution in [-0.4, -0.2) is 43.8 Å². The van der Waals surface area contributed by atoms with E-state index < -0.39 is 9.84 Å². The second kappa shape index (κ2) is 3.75. The Balaban J connectivity index is 2.51. The van der Waals surface area contributed by atoms with Crippen LogP contribution in [0, 0.1) is 11.3 Å². The second-order valence-corrected chi connectivity index (χ2v) is 5.17. The summed E-state index contributed by atoms with van der Waals surface area (Å²) in [5.74, 6) is -0.244. The molecule has 0 radical (unpaired) electrons. The summed E-state index contributed by atoms with van der Waals surface area (Å²) in [4.78, 5) is 12.5. The van der Waals surface area contributed by atoms with Crippen molar-refractivity contribution in [1.29, 1.82) is 5.26 Å². The Kier molecular flexibility index (Phi) is 2.88. The lowest BCUT2D eigenvalue weighted by atomic mass is 10.4. The quantitative estimate of drug-likeness (QED) is 0.555. The first kappa shape index (κ1) is 9.99. The topological polar surface area (TPSA) is 78.2 Å². The Morgan fingerprint density at radius 1 is 1.38 bits per heavy atom. The fourth-order valence-electron chi connectivity index (χ4n) is 1.14. The lowest BCUT2D eigenvalue weighted by Gasteiger charge is -2.25. The maximum atomic E-state index is 11.1.